The summed E-state index contributed by atoms with van der Waals surface area (Å²) in [6.07, 6.45) is 0. The summed E-state index contributed by atoms with van der Waals surface area (Å²) in [4.78, 5) is 5.00. The summed E-state index contributed by atoms with van der Waals surface area (Å²) < 4.78 is 0. The number of nitrogens with two attached hydrogens (primary N) is 1. The standard InChI is InChI=1S/C17H29N3/c1-13-7-6-8-15(14(13)2)16(11-18)20-10-9-19(5)17(3,4)12-20/h6-8,16H,9-12,18H2,1-5H3. The van der Waals surface area contributed by atoms with Gasteiger partial charge in [-0.1, -0.05) is 18.2 Å². The van der Waals surface area contributed by atoms with Crippen LogP contribution in [0, 0.1) is 13.8 Å². The summed E-state index contributed by atoms with van der Waals surface area (Å²) in [6.45, 7) is 13.0. The van der Waals surface area contributed by atoms with Crippen LogP contribution < -0.4 is 5.73 Å². The van der Waals surface area contributed by atoms with Crippen LogP contribution in [-0.4, -0.2) is 48.6 Å². The zero-order chi connectivity index (χ0) is 14.9. The average Bonchev–Trinajstić information content (AvgIpc) is 2.39. The molecule has 20 heavy (non-hydrogen) atoms. The van der Waals surface area contributed by atoms with E-state index < -0.39 is 0 Å². The molecule has 0 bridgehead atoms. The van der Waals surface area contributed by atoms with Gasteiger partial charge < -0.3 is 5.73 Å². The molecular weight excluding hydrogens is 246 g/mol. The highest BCUT2D eigenvalue weighted by Gasteiger charge is 2.34. The fraction of sp³-hybridized carbons (Fsp3) is 0.647. The normalized spacial score (nSPS) is 21.9. The van der Waals surface area contributed by atoms with Gasteiger partial charge >= 0.3 is 0 Å². The molecule has 1 aliphatic heterocycles. The van der Waals surface area contributed by atoms with Crippen LogP contribution in [-0.2, 0) is 0 Å². The second kappa shape index (κ2) is 5.84. The lowest BCUT2D eigenvalue weighted by molar-refractivity contribution is 0.0179. The molecule has 0 spiro atoms. The van der Waals surface area contributed by atoms with Crippen LogP contribution >= 0.6 is 0 Å². The van der Waals surface area contributed by atoms with Crippen molar-refractivity contribution >= 4 is 0 Å². The van der Waals surface area contributed by atoms with Crippen LogP contribution in [0.5, 0.6) is 0 Å². The fourth-order valence-corrected chi connectivity index (χ4v) is 3.15. The van der Waals surface area contributed by atoms with Gasteiger partial charge in [-0.2, -0.15) is 0 Å². The summed E-state index contributed by atoms with van der Waals surface area (Å²) >= 11 is 0. The van der Waals surface area contributed by atoms with Crippen molar-refractivity contribution in [3.8, 4) is 0 Å². The molecule has 1 unspecified atom stereocenters. The molecule has 1 heterocycles. The Labute approximate surface area is 123 Å². The van der Waals surface area contributed by atoms with Gasteiger partial charge in [-0.15, -0.1) is 0 Å². The molecule has 112 valence electrons. The first-order valence-corrected chi connectivity index (χ1v) is 7.58. The van der Waals surface area contributed by atoms with Crippen LogP contribution in [0.15, 0.2) is 18.2 Å². The lowest BCUT2D eigenvalue weighted by atomic mass is 9.93. The lowest BCUT2D eigenvalue weighted by Gasteiger charge is -2.48. The molecule has 1 atom stereocenters. The molecule has 0 amide bonds. The Kier molecular flexibility index (Phi) is 4.52. The molecule has 0 radical (unpaired) electrons. The van der Waals surface area contributed by atoms with Gasteiger partial charge in [-0.25, -0.2) is 0 Å². The van der Waals surface area contributed by atoms with Crippen LogP contribution in [0.1, 0.15) is 36.6 Å². The zero-order valence-electron chi connectivity index (χ0n) is 13.6. The number of likely N-dealkylation sites (N-methyl/N-ethyl adjacent to an activating group) is 1. The van der Waals surface area contributed by atoms with Crippen molar-refractivity contribution in [1.82, 2.24) is 9.80 Å². The number of benzene rings is 1. The third-order valence-corrected chi connectivity index (χ3v) is 5.02. The number of piperazine rings is 1. The third-order valence-electron chi connectivity index (χ3n) is 5.02. The first-order valence-electron chi connectivity index (χ1n) is 7.58. The zero-order valence-corrected chi connectivity index (χ0v) is 13.6. The molecule has 1 aromatic carbocycles. The average molecular weight is 275 g/mol. The quantitative estimate of drug-likeness (QED) is 0.919. The van der Waals surface area contributed by atoms with E-state index in [2.05, 4.69) is 62.7 Å². The lowest BCUT2D eigenvalue weighted by Crippen LogP contribution is -2.58. The summed E-state index contributed by atoms with van der Waals surface area (Å²) in [6, 6.07) is 6.91. The second-order valence-corrected chi connectivity index (χ2v) is 6.75. The Hall–Kier alpha value is -0.900. The van der Waals surface area contributed by atoms with Gasteiger partial charge in [0.05, 0.1) is 0 Å². The van der Waals surface area contributed by atoms with E-state index in [0.29, 0.717) is 12.6 Å². The number of nitrogens with zero attached hydrogens (tertiary/aromatic N) is 2. The minimum Gasteiger partial charge on any atom is -0.329 e. The van der Waals surface area contributed by atoms with Gasteiger partial charge in [-0.05, 0) is 51.4 Å². The van der Waals surface area contributed by atoms with Crippen LogP contribution in [0.3, 0.4) is 0 Å². The van der Waals surface area contributed by atoms with E-state index in [0.717, 1.165) is 19.6 Å². The maximum absolute atomic E-state index is 6.12. The Bertz CT molecular complexity index is 467. The monoisotopic (exact) mass is 275 g/mol. The Morgan fingerprint density at radius 2 is 1.95 bits per heavy atom. The maximum Gasteiger partial charge on any atom is 0.0474 e. The van der Waals surface area contributed by atoms with Gasteiger partial charge in [0.25, 0.3) is 0 Å². The highest BCUT2D eigenvalue weighted by Crippen LogP contribution is 2.29. The van der Waals surface area contributed by atoms with Crippen LogP contribution in [0.4, 0.5) is 0 Å². The fourth-order valence-electron chi connectivity index (χ4n) is 3.15. The van der Waals surface area contributed by atoms with E-state index in [1.165, 1.54) is 16.7 Å². The first-order chi connectivity index (χ1) is 9.36. The summed E-state index contributed by atoms with van der Waals surface area (Å²) in [5.41, 5.74) is 10.5. The maximum atomic E-state index is 6.12. The predicted molar refractivity (Wildman–Crippen MR) is 86.0 cm³/mol. The summed E-state index contributed by atoms with van der Waals surface area (Å²) in [7, 11) is 2.21. The molecular formula is C17H29N3. The highest BCUT2D eigenvalue weighted by molar-refractivity contribution is 5.35. The first kappa shape index (κ1) is 15.5. The van der Waals surface area contributed by atoms with Crippen molar-refractivity contribution < 1.29 is 0 Å². The molecule has 1 fully saturated rings. The number of hydrogen-bond donors (Lipinski definition) is 1. The molecule has 2 N–H and O–H groups in total. The largest absolute Gasteiger partial charge is 0.329 e. The molecule has 0 saturated carbocycles. The van der Waals surface area contributed by atoms with E-state index in [1.54, 1.807) is 0 Å². The smallest absolute Gasteiger partial charge is 0.0474 e. The van der Waals surface area contributed by atoms with Crippen molar-refractivity contribution in [2.24, 2.45) is 5.73 Å². The number of aryl methyl sites for hydroxylation is 1. The van der Waals surface area contributed by atoms with Crippen molar-refractivity contribution in [3.63, 3.8) is 0 Å². The topological polar surface area (TPSA) is 32.5 Å². The molecule has 3 nitrogen and oxygen atoms in total. The number of hydrogen-bond acceptors (Lipinski definition) is 3. The molecule has 0 aromatic heterocycles. The molecule has 0 aliphatic carbocycles. The minimum atomic E-state index is 0.212. The van der Waals surface area contributed by atoms with Gasteiger partial charge in [0.2, 0.25) is 0 Å². The highest BCUT2D eigenvalue weighted by atomic mass is 15.3. The summed E-state index contributed by atoms with van der Waals surface area (Å²) in [5, 5.41) is 0. The van der Waals surface area contributed by atoms with Gasteiger partial charge in [0, 0.05) is 37.8 Å². The van der Waals surface area contributed by atoms with E-state index in [4.69, 9.17) is 5.73 Å². The van der Waals surface area contributed by atoms with Crippen molar-refractivity contribution in [2.45, 2.75) is 39.3 Å². The van der Waals surface area contributed by atoms with Crippen molar-refractivity contribution in [2.75, 3.05) is 33.2 Å². The molecule has 3 heteroatoms. The Balaban J connectivity index is 2.27. The van der Waals surface area contributed by atoms with E-state index in [9.17, 15) is 0 Å². The van der Waals surface area contributed by atoms with Crippen molar-refractivity contribution in [3.05, 3.63) is 34.9 Å². The van der Waals surface area contributed by atoms with E-state index in [-0.39, 0.29) is 5.54 Å². The van der Waals surface area contributed by atoms with Gasteiger partial charge in [0.15, 0.2) is 0 Å². The molecule has 1 aromatic rings. The van der Waals surface area contributed by atoms with Gasteiger partial charge in [-0.3, -0.25) is 9.80 Å². The molecule has 1 aliphatic rings. The Morgan fingerprint density at radius 3 is 2.55 bits per heavy atom. The minimum absolute atomic E-state index is 0.212. The SMILES string of the molecule is Cc1cccc(C(CN)N2CCN(C)C(C)(C)C2)c1C. The van der Waals surface area contributed by atoms with Crippen LogP contribution in [0.25, 0.3) is 0 Å². The van der Waals surface area contributed by atoms with Crippen molar-refractivity contribution in [1.29, 1.82) is 0 Å². The number of rotatable bonds is 3. The second-order valence-electron chi connectivity index (χ2n) is 6.75. The van der Waals surface area contributed by atoms with Crippen LogP contribution in [0.2, 0.25) is 0 Å². The summed E-state index contributed by atoms with van der Waals surface area (Å²) in [5.74, 6) is 0. The Morgan fingerprint density at radius 1 is 1.25 bits per heavy atom. The van der Waals surface area contributed by atoms with E-state index in [1.807, 2.05) is 0 Å². The predicted octanol–water partition coefficient (Wildman–Crippen LogP) is 2.33. The van der Waals surface area contributed by atoms with E-state index >= 15 is 0 Å². The third kappa shape index (κ3) is 2.90. The molecule has 1 saturated heterocycles. The van der Waals surface area contributed by atoms with Gasteiger partial charge in [0.1, 0.15) is 0 Å². The molecule has 2 rings (SSSR count).